The van der Waals surface area contributed by atoms with Gasteiger partial charge in [0, 0.05) is 26.1 Å². The first-order chi connectivity index (χ1) is 7.81. The van der Waals surface area contributed by atoms with Crippen LogP contribution in [0.5, 0.6) is 0 Å². The third kappa shape index (κ3) is 2.74. The molecule has 0 spiro atoms. The van der Waals surface area contributed by atoms with Gasteiger partial charge >= 0.3 is 0 Å². The van der Waals surface area contributed by atoms with Gasteiger partial charge in [-0.1, -0.05) is 6.42 Å². The average Bonchev–Trinajstić information content (AvgIpc) is 2.78. The number of carbonyl (C=O) groups is 1. The highest BCUT2D eigenvalue weighted by atomic mass is 16.5. The molecule has 1 N–H and O–H groups in total. The quantitative estimate of drug-likeness (QED) is 0.767. The smallest absolute Gasteiger partial charge is 0.239 e. The van der Waals surface area contributed by atoms with Gasteiger partial charge in [-0.05, 0) is 25.8 Å². The minimum absolute atomic E-state index is 0.0787. The zero-order valence-corrected chi connectivity index (χ0v) is 10.1. The molecule has 4 heteroatoms. The summed E-state index contributed by atoms with van der Waals surface area (Å²) in [5, 5.41) is 3.32. The van der Waals surface area contributed by atoms with Crippen LogP contribution in [0.25, 0.3) is 0 Å². The van der Waals surface area contributed by atoms with Crippen molar-refractivity contribution in [1.82, 2.24) is 10.2 Å². The molecule has 1 amide bonds. The maximum absolute atomic E-state index is 12.2. The molecule has 0 radical (unpaired) electrons. The standard InChI is InChI=1S/C12H22N2O2/c1-16-9-10-5-7-14(8-10)12(15)11-4-2-3-6-13-11/h10-11,13H,2-9H2,1H3/t10?,11-/m1/s1. The third-order valence-electron chi connectivity index (χ3n) is 3.61. The topological polar surface area (TPSA) is 41.6 Å². The van der Waals surface area contributed by atoms with Gasteiger partial charge in [-0.3, -0.25) is 4.79 Å². The number of hydrogen-bond acceptors (Lipinski definition) is 3. The Morgan fingerprint density at radius 2 is 2.31 bits per heavy atom. The molecule has 0 bridgehead atoms. The zero-order valence-electron chi connectivity index (χ0n) is 10.1. The molecule has 0 saturated carbocycles. The molecule has 0 aromatic heterocycles. The van der Waals surface area contributed by atoms with Gasteiger partial charge in [0.25, 0.3) is 0 Å². The van der Waals surface area contributed by atoms with E-state index in [1.165, 1.54) is 12.8 Å². The fourth-order valence-corrected chi connectivity index (χ4v) is 2.69. The van der Waals surface area contributed by atoms with Crippen LogP contribution in [0.4, 0.5) is 0 Å². The zero-order chi connectivity index (χ0) is 11.4. The van der Waals surface area contributed by atoms with Gasteiger partial charge in [0.15, 0.2) is 0 Å². The van der Waals surface area contributed by atoms with Crippen LogP contribution < -0.4 is 5.32 Å². The molecule has 0 aromatic rings. The summed E-state index contributed by atoms with van der Waals surface area (Å²) in [5.41, 5.74) is 0. The van der Waals surface area contributed by atoms with Crippen LogP contribution in [0.3, 0.4) is 0 Å². The number of rotatable bonds is 3. The second kappa shape index (κ2) is 5.64. The monoisotopic (exact) mass is 226 g/mol. The lowest BCUT2D eigenvalue weighted by Crippen LogP contribution is -2.47. The van der Waals surface area contributed by atoms with E-state index in [2.05, 4.69) is 5.32 Å². The molecular formula is C12H22N2O2. The summed E-state index contributed by atoms with van der Waals surface area (Å²) in [4.78, 5) is 14.2. The van der Waals surface area contributed by atoms with Gasteiger partial charge in [0.1, 0.15) is 0 Å². The molecule has 2 saturated heterocycles. The first-order valence-electron chi connectivity index (χ1n) is 6.32. The number of piperidine rings is 1. The Hall–Kier alpha value is -0.610. The average molecular weight is 226 g/mol. The summed E-state index contributed by atoms with van der Waals surface area (Å²) >= 11 is 0. The summed E-state index contributed by atoms with van der Waals surface area (Å²) in [5.74, 6) is 0.843. The van der Waals surface area contributed by atoms with Crippen molar-refractivity contribution in [3.63, 3.8) is 0 Å². The van der Waals surface area contributed by atoms with Crippen molar-refractivity contribution in [3.8, 4) is 0 Å². The highest BCUT2D eigenvalue weighted by molar-refractivity contribution is 5.82. The number of nitrogens with zero attached hydrogens (tertiary/aromatic N) is 1. The number of carbonyl (C=O) groups excluding carboxylic acids is 1. The van der Waals surface area contributed by atoms with Crippen LogP contribution in [0.15, 0.2) is 0 Å². The van der Waals surface area contributed by atoms with Crippen molar-refractivity contribution in [2.24, 2.45) is 5.92 Å². The Kier molecular flexibility index (Phi) is 4.18. The second-order valence-corrected chi connectivity index (χ2v) is 4.90. The number of methoxy groups -OCH3 is 1. The number of amides is 1. The maximum Gasteiger partial charge on any atom is 0.239 e. The van der Waals surface area contributed by atoms with Gasteiger partial charge in [-0.15, -0.1) is 0 Å². The Morgan fingerprint density at radius 3 is 3.00 bits per heavy atom. The van der Waals surface area contributed by atoms with Crippen LogP contribution in [0, 0.1) is 5.92 Å². The molecule has 1 unspecified atom stereocenters. The van der Waals surface area contributed by atoms with Crippen LogP contribution in [-0.2, 0) is 9.53 Å². The summed E-state index contributed by atoms with van der Waals surface area (Å²) in [6.45, 7) is 3.56. The minimum atomic E-state index is 0.0787. The van der Waals surface area contributed by atoms with Crippen molar-refractivity contribution in [2.45, 2.75) is 31.7 Å². The molecule has 2 atom stereocenters. The number of ether oxygens (including phenoxy) is 1. The van der Waals surface area contributed by atoms with Crippen molar-refractivity contribution in [1.29, 1.82) is 0 Å². The van der Waals surface area contributed by atoms with Crippen LogP contribution in [0.1, 0.15) is 25.7 Å². The number of hydrogen-bond donors (Lipinski definition) is 1. The number of nitrogens with one attached hydrogen (secondary N) is 1. The molecule has 2 aliphatic rings. The molecule has 2 heterocycles. The van der Waals surface area contributed by atoms with E-state index in [9.17, 15) is 4.79 Å². The molecule has 16 heavy (non-hydrogen) atoms. The predicted octanol–water partition coefficient (Wildman–Crippen LogP) is 0.623. The van der Waals surface area contributed by atoms with E-state index < -0.39 is 0 Å². The molecule has 0 aliphatic carbocycles. The van der Waals surface area contributed by atoms with E-state index in [0.717, 1.165) is 39.1 Å². The highest BCUT2D eigenvalue weighted by Crippen LogP contribution is 2.19. The van der Waals surface area contributed by atoms with Crippen LogP contribution >= 0.6 is 0 Å². The number of likely N-dealkylation sites (tertiary alicyclic amines) is 1. The van der Waals surface area contributed by atoms with Crippen molar-refractivity contribution >= 4 is 5.91 Å². The van der Waals surface area contributed by atoms with E-state index in [-0.39, 0.29) is 6.04 Å². The predicted molar refractivity (Wildman–Crippen MR) is 62.2 cm³/mol. The second-order valence-electron chi connectivity index (χ2n) is 4.90. The fourth-order valence-electron chi connectivity index (χ4n) is 2.69. The summed E-state index contributed by atoms with van der Waals surface area (Å²) in [7, 11) is 1.73. The van der Waals surface area contributed by atoms with Crippen molar-refractivity contribution in [3.05, 3.63) is 0 Å². The maximum atomic E-state index is 12.2. The van der Waals surface area contributed by atoms with Crippen molar-refractivity contribution < 1.29 is 9.53 Å². The first-order valence-corrected chi connectivity index (χ1v) is 6.32. The van der Waals surface area contributed by atoms with Gasteiger partial charge in [0.05, 0.1) is 12.6 Å². The van der Waals surface area contributed by atoms with E-state index in [1.54, 1.807) is 7.11 Å². The fraction of sp³-hybridized carbons (Fsp3) is 0.917. The lowest BCUT2D eigenvalue weighted by Gasteiger charge is -2.27. The lowest BCUT2D eigenvalue weighted by atomic mass is 10.0. The van der Waals surface area contributed by atoms with Crippen molar-refractivity contribution in [2.75, 3.05) is 33.4 Å². The van der Waals surface area contributed by atoms with E-state index in [0.29, 0.717) is 11.8 Å². The van der Waals surface area contributed by atoms with E-state index in [1.807, 2.05) is 4.90 Å². The Balaban J connectivity index is 1.81. The first kappa shape index (κ1) is 11.9. The van der Waals surface area contributed by atoms with Gasteiger partial charge in [0.2, 0.25) is 5.91 Å². The molecule has 4 nitrogen and oxygen atoms in total. The molecular weight excluding hydrogens is 204 g/mol. The van der Waals surface area contributed by atoms with Gasteiger partial charge in [-0.2, -0.15) is 0 Å². The van der Waals surface area contributed by atoms with Crippen LogP contribution in [-0.4, -0.2) is 50.2 Å². The van der Waals surface area contributed by atoms with Crippen LogP contribution in [0.2, 0.25) is 0 Å². The molecule has 2 fully saturated rings. The minimum Gasteiger partial charge on any atom is -0.384 e. The van der Waals surface area contributed by atoms with Gasteiger partial charge < -0.3 is 15.0 Å². The molecule has 2 rings (SSSR count). The Morgan fingerprint density at radius 1 is 1.44 bits per heavy atom. The molecule has 92 valence electrons. The largest absolute Gasteiger partial charge is 0.384 e. The third-order valence-corrected chi connectivity index (χ3v) is 3.61. The summed E-state index contributed by atoms with van der Waals surface area (Å²) in [6.07, 6.45) is 4.48. The summed E-state index contributed by atoms with van der Waals surface area (Å²) in [6, 6.07) is 0.0787. The molecule has 2 aliphatic heterocycles. The molecule has 0 aromatic carbocycles. The normalized spacial score (nSPS) is 30.7. The van der Waals surface area contributed by atoms with Gasteiger partial charge in [-0.25, -0.2) is 0 Å². The Labute approximate surface area is 97.3 Å². The SMILES string of the molecule is COCC1CCN(C(=O)[C@H]2CCCCN2)C1. The highest BCUT2D eigenvalue weighted by Gasteiger charge is 2.31. The Bertz CT molecular complexity index is 239. The van der Waals surface area contributed by atoms with E-state index >= 15 is 0 Å². The lowest BCUT2D eigenvalue weighted by molar-refractivity contribution is -0.133. The summed E-state index contributed by atoms with van der Waals surface area (Å²) < 4.78 is 5.15. The van der Waals surface area contributed by atoms with E-state index in [4.69, 9.17) is 4.74 Å².